The fraction of sp³-hybridized carbons (Fsp3) is 0. The SMILES string of the molecule is O=P(O)(O)O.[I-].[K+]. The van der Waals surface area contributed by atoms with Gasteiger partial charge in [0.15, 0.2) is 0 Å². The standard InChI is InChI=1S/HI.K.H3O4P/c;;1-5(2,3)4/h1H;;(H3,1,2,3,4)/q;+1;/p-1. The normalized spacial score (nSPS) is 8.43. The Bertz CT molecular complexity index is 57.8. The Kier molecular flexibility index (Phi) is 15.3. The van der Waals surface area contributed by atoms with Crippen molar-refractivity contribution in [2.75, 3.05) is 0 Å². The van der Waals surface area contributed by atoms with Crippen molar-refractivity contribution >= 4 is 7.82 Å². The Morgan fingerprint density at radius 1 is 1.14 bits per heavy atom. The van der Waals surface area contributed by atoms with Crippen LogP contribution in [-0.4, -0.2) is 14.7 Å². The van der Waals surface area contributed by atoms with Gasteiger partial charge in [0.1, 0.15) is 0 Å². The van der Waals surface area contributed by atoms with Crippen molar-refractivity contribution in [1.29, 1.82) is 0 Å². The second kappa shape index (κ2) is 6.59. The summed E-state index contributed by atoms with van der Waals surface area (Å²) in [6.07, 6.45) is 0. The summed E-state index contributed by atoms with van der Waals surface area (Å²) in [6, 6.07) is 0. The van der Waals surface area contributed by atoms with Crippen LogP contribution in [0.3, 0.4) is 0 Å². The average molecular weight is 264 g/mol. The van der Waals surface area contributed by atoms with Crippen molar-refractivity contribution in [3.63, 3.8) is 0 Å². The quantitative estimate of drug-likeness (QED) is 0.231. The van der Waals surface area contributed by atoms with Gasteiger partial charge in [0.05, 0.1) is 0 Å². The molecule has 0 aliphatic rings. The second-order valence-electron chi connectivity index (χ2n) is 0.513. The summed E-state index contributed by atoms with van der Waals surface area (Å²) in [4.78, 5) is 21.6. The molecule has 0 saturated carbocycles. The van der Waals surface area contributed by atoms with E-state index in [0.29, 0.717) is 0 Å². The van der Waals surface area contributed by atoms with Crippen molar-refractivity contribution in [2.45, 2.75) is 0 Å². The van der Waals surface area contributed by atoms with Crippen LogP contribution in [0, 0.1) is 0 Å². The zero-order chi connectivity index (χ0) is 4.50. The first kappa shape index (κ1) is 16.2. The van der Waals surface area contributed by atoms with E-state index in [-0.39, 0.29) is 75.4 Å². The molecule has 0 amide bonds. The van der Waals surface area contributed by atoms with Gasteiger partial charge in [-0.05, 0) is 0 Å². The van der Waals surface area contributed by atoms with Crippen LogP contribution in [0.25, 0.3) is 0 Å². The molecule has 4 nitrogen and oxygen atoms in total. The second-order valence-corrected chi connectivity index (χ2v) is 1.54. The number of rotatable bonds is 0. The molecule has 7 heteroatoms. The Hall–Kier alpha value is 2.48. The molecule has 0 aliphatic carbocycles. The zero-order valence-corrected chi connectivity index (χ0v) is 9.75. The number of halogens is 1. The van der Waals surface area contributed by atoms with E-state index in [2.05, 4.69) is 0 Å². The van der Waals surface area contributed by atoms with E-state index in [4.69, 9.17) is 19.2 Å². The molecule has 0 fully saturated rings. The van der Waals surface area contributed by atoms with Crippen LogP contribution in [0.4, 0.5) is 0 Å². The molecule has 0 unspecified atom stereocenters. The van der Waals surface area contributed by atoms with Crippen molar-refractivity contribution in [3.05, 3.63) is 0 Å². The predicted octanol–water partition coefficient (Wildman–Crippen LogP) is -6.92. The summed E-state index contributed by atoms with van der Waals surface area (Å²) < 4.78 is 8.88. The van der Waals surface area contributed by atoms with Crippen molar-refractivity contribution < 1.29 is 94.6 Å². The van der Waals surface area contributed by atoms with Gasteiger partial charge < -0.3 is 38.7 Å². The summed E-state index contributed by atoms with van der Waals surface area (Å²) >= 11 is 0. The van der Waals surface area contributed by atoms with E-state index >= 15 is 0 Å². The third-order valence-electron chi connectivity index (χ3n) is 0. The molecular formula is H3IKO4P. The van der Waals surface area contributed by atoms with Gasteiger partial charge in [-0.25, -0.2) is 4.57 Å². The molecule has 0 radical (unpaired) electrons. The van der Waals surface area contributed by atoms with Gasteiger partial charge in [-0.1, -0.05) is 0 Å². The van der Waals surface area contributed by atoms with Crippen molar-refractivity contribution in [1.82, 2.24) is 0 Å². The van der Waals surface area contributed by atoms with Gasteiger partial charge in [0, 0.05) is 0 Å². The first-order chi connectivity index (χ1) is 2.00. The molecule has 0 aromatic heterocycles. The summed E-state index contributed by atoms with van der Waals surface area (Å²) in [5.74, 6) is 0. The molecule has 0 saturated heterocycles. The smallest absolute Gasteiger partial charge is 1.00 e. The van der Waals surface area contributed by atoms with Gasteiger partial charge in [0.2, 0.25) is 0 Å². The molecule has 0 spiro atoms. The molecule has 3 N–H and O–H groups in total. The van der Waals surface area contributed by atoms with Gasteiger partial charge >= 0.3 is 59.2 Å². The predicted molar refractivity (Wildman–Crippen MR) is 14.3 cm³/mol. The minimum atomic E-state index is -4.64. The van der Waals surface area contributed by atoms with E-state index in [1.54, 1.807) is 0 Å². The van der Waals surface area contributed by atoms with Crippen LogP contribution in [-0.2, 0) is 4.57 Å². The maximum Gasteiger partial charge on any atom is 1.00 e. The van der Waals surface area contributed by atoms with E-state index in [9.17, 15) is 0 Å². The molecule has 0 aromatic rings. The fourth-order valence-corrected chi connectivity index (χ4v) is 0. The third kappa shape index (κ3) is 58.0. The molecule has 0 bridgehead atoms. The minimum absolute atomic E-state index is 0. The molecule has 0 atom stereocenters. The van der Waals surface area contributed by atoms with Crippen LogP contribution in [0.5, 0.6) is 0 Å². The summed E-state index contributed by atoms with van der Waals surface area (Å²) in [7, 11) is -4.64. The minimum Gasteiger partial charge on any atom is -1.00 e. The largest absolute Gasteiger partial charge is 1.00 e. The number of phosphoric acid groups is 1. The molecule has 7 heavy (non-hydrogen) atoms. The van der Waals surface area contributed by atoms with Crippen LogP contribution in [0.1, 0.15) is 0 Å². The Balaban J connectivity index is -0.0000000800. The van der Waals surface area contributed by atoms with E-state index in [1.807, 2.05) is 0 Å². The summed E-state index contributed by atoms with van der Waals surface area (Å²) in [5, 5.41) is 0. The van der Waals surface area contributed by atoms with Crippen LogP contribution in [0.15, 0.2) is 0 Å². The van der Waals surface area contributed by atoms with Crippen LogP contribution in [0.2, 0.25) is 0 Å². The van der Waals surface area contributed by atoms with Gasteiger partial charge in [-0.3, -0.25) is 0 Å². The Morgan fingerprint density at radius 3 is 1.14 bits per heavy atom. The van der Waals surface area contributed by atoms with E-state index in [0.717, 1.165) is 0 Å². The zero-order valence-electron chi connectivity index (χ0n) is 3.58. The molecule has 0 rings (SSSR count). The van der Waals surface area contributed by atoms with Crippen molar-refractivity contribution in [2.24, 2.45) is 0 Å². The Morgan fingerprint density at radius 2 is 1.14 bits per heavy atom. The molecule has 0 aliphatic heterocycles. The Labute approximate surface area is 100 Å². The topological polar surface area (TPSA) is 77.8 Å². The maximum absolute atomic E-state index is 8.88. The first-order valence-corrected chi connectivity index (χ1v) is 2.35. The van der Waals surface area contributed by atoms with Crippen molar-refractivity contribution in [3.8, 4) is 0 Å². The third-order valence-corrected chi connectivity index (χ3v) is 0. The van der Waals surface area contributed by atoms with E-state index < -0.39 is 7.82 Å². The fourth-order valence-electron chi connectivity index (χ4n) is 0. The molecular weight excluding hydrogens is 261 g/mol. The summed E-state index contributed by atoms with van der Waals surface area (Å²) in [6.45, 7) is 0. The van der Waals surface area contributed by atoms with Gasteiger partial charge in [-0.15, -0.1) is 0 Å². The number of hydrogen-bond donors (Lipinski definition) is 3. The number of hydrogen-bond acceptors (Lipinski definition) is 1. The van der Waals surface area contributed by atoms with Gasteiger partial charge in [-0.2, -0.15) is 0 Å². The molecule has 0 heterocycles. The van der Waals surface area contributed by atoms with E-state index in [1.165, 1.54) is 0 Å². The van der Waals surface area contributed by atoms with Gasteiger partial charge in [0.25, 0.3) is 0 Å². The monoisotopic (exact) mass is 264 g/mol. The van der Waals surface area contributed by atoms with Crippen LogP contribution >= 0.6 is 7.82 Å². The molecule has 0 aromatic carbocycles. The first-order valence-electron chi connectivity index (χ1n) is 0.783. The summed E-state index contributed by atoms with van der Waals surface area (Å²) in [5.41, 5.74) is 0. The molecule has 40 valence electrons. The van der Waals surface area contributed by atoms with Crippen LogP contribution < -0.4 is 75.4 Å². The maximum atomic E-state index is 8.88. The average Bonchev–Trinajstić information content (AvgIpc) is 0.722.